The van der Waals surface area contributed by atoms with Crippen LogP contribution in [0, 0.1) is 5.41 Å². The van der Waals surface area contributed by atoms with E-state index < -0.39 is 11.3 Å². The molecule has 1 aliphatic carbocycles. The smallest absolute Gasteiger partial charge is 0.412 e. The number of hydrogen-bond donors (Lipinski definition) is 0. The van der Waals surface area contributed by atoms with Gasteiger partial charge in [0.05, 0.1) is 12.6 Å². The summed E-state index contributed by atoms with van der Waals surface area (Å²) >= 11 is 0. The Morgan fingerprint density at radius 1 is 1.45 bits per heavy atom. The van der Waals surface area contributed by atoms with E-state index in [0.717, 1.165) is 19.3 Å². The standard InChI is InChI=1S/C16H27NO3/c1-7-16(8-9-16)10-12-11-19-15(5,6)17(12)13(18)20-14(2,3)4/h7,12H,1,8-11H2,2-6H3/t12-/m0/s1. The predicted octanol–water partition coefficient (Wildman–Crippen LogP) is 3.71. The summed E-state index contributed by atoms with van der Waals surface area (Å²) in [6.07, 6.45) is 4.99. The molecule has 1 atom stereocenters. The Bertz CT molecular complexity index is 404. The normalized spacial score (nSPS) is 27.2. The Morgan fingerprint density at radius 2 is 2.05 bits per heavy atom. The molecule has 1 amide bonds. The quantitative estimate of drug-likeness (QED) is 0.740. The summed E-state index contributed by atoms with van der Waals surface area (Å²) in [5.41, 5.74) is -0.894. The average molecular weight is 281 g/mol. The lowest BCUT2D eigenvalue weighted by Gasteiger charge is -2.35. The molecule has 0 spiro atoms. The van der Waals surface area contributed by atoms with Crippen LogP contribution in [0.25, 0.3) is 0 Å². The molecular weight excluding hydrogens is 254 g/mol. The van der Waals surface area contributed by atoms with Crippen LogP contribution in [0.5, 0.6) is 0 Å². The van der Waals surface area contributed by atoms with Crippen molar-refractivity contribution in [1.29, 1.82) is 0 Å². The lowest BCUT2D eigenvalue weighted by Crippen LogP contribution is -2.50. The number of hydrogen-bond acceptors (Lipinski definition) is 3. The van der Waals surface area contributed by atoms with E-state index in [9.17, 15) is 4.79 Å². The van der Waals surface area contributed by atoms with Crippen LogP contribution in [0.4, 0.5) is 4.79 Å². The second-order valence-corrected chi connectivity index (χ2v) is 7.53. The van der Waals surface area contributed by atoms with E-state index in [1.54, 1.807) is 4.90 Å². The molecule has 0 aromatic carbocycles. The molecule has 4 heteroatoms. The molecule has 0 bridgehead atoms. The molecule has 1 heterocycles. The van der Waals surface area contributed by atoms with Crippen LogP contribution in [-0.4, -0.2) is 35.0 Å². The third kappa shape index (κ3) is 3.17. The van der Waals surface area contributed by atoms with Crippen LogP contribution in [0.3, 0.4) is 0 Å². The Morgan fingerprint density at radius 3 is 2.50 bits per heavy atom. The zero-order valence-corrected chi connectivity index (χ0v) is 13.4. The van der Waals surface area contributed by atoms with Gasteiger partial charge in [0.1, 0.15) is 11.3 Å². The topological polar surface area (TPSA) is 38.8 Å². The number of carbonyl (C=O) groups is 1. The van der Waals surface area contributed by atoms with E-state index in [-0.39, 0.29) is 17.6 Å². The summed E-state index contributed by atoms with van der Waals surface area (Å²) in [7, 11) is 0. The molecule has 114 valence electrons. The first-order valence-corrected chi connectivity index (χ1v) is 7.38. The zero-order chi connectivity index (χ0) is 15.2. The molecule has 0 unspecified atom stereocenters. The van der Waals surface area contributed by atoms with Crippen LogP contribution in [0.1, 0.15) is 53.9 Å². The molecule has 2 rings (SSSR count). The van der Waals surface area contributed by atoms with Crippen LogP contribution < -0.4 is 0 Å². The minimum absolute atomic E-state index is 0.0698. The fourth-order valence-corrected chi connectivity index (χ4v) is 2.84. The average Bonchev–Trinajstić information content (AvgIpc) is 2.97. The maximum Gasteiger partial charge on any atom is 0.412 e. The molecule has 1 saturated carbocycles. The Kier molecular flexibility index (Phi) is 3.66. The lowest BCUT2D eigenvalue weighted by molar-refractivity contribution is -0.0630. The van der Waals surface area contributed by atoms with Gasteiger partial charge >= 0.3 is 6.09 Å². The maximum atomic E-state index is 12.5. The van der Waals surface area contributed by atoms with E-state index in [0.29, 0.717) is 6.61 Å². The predicted molar refractivity (Wildman–Crippen MR) is 78.4 cm³/mol. The highest BCUT2D eigenvalue weighted by atomic mass is 16.6. The minimum Gasteiger partial charge on any atom is -0.444 e. The van der Waals surface area contributed by atoms with Crippen molar-refractivity contribution in [2.45, 2.75) is 71.2 Å². The molecule has 0 radical (unpaired) electrons. The van der Waals surface area contributed by atoms with E-state index in [1.807, 2.05) is 40.7 Å². The number of ether oxygens (including phenoxy) is 2. The summed E-state index contributed by atoms with van der Waals surface area (Å²) in [5.74, 6) is 0. The van der Waals surface area contributed by atoms with Crippen LogP contribution in [0.2, 0.25) is 0 Å². The Labute approximate surface area is 122 Å². The van der Waals surface area contributed by atoms with Gasteiger partial charge in [-0.1, -0.05) is 6.08 Å². The van der Waals surface area contributed by atoms with Gasteiger partial charge in [-0.15, -0.1) is 6.58 Å². The number of amides is 1. The highest BCUT2D eigenvalue weighted by Crippen LogP contribution is 2.52. The first kappa shape index (κ1) is 15.4. The van der Waals surface area contributed by atoms with Gasteiger partial charge in [-0.05, 0) is 59.3 Å². The second kappa shape index (κ2) is 4.76. The van der Waals surface area contributed by atoms with Crippen molar-refractivity contribution in [3.05, 3.63) is 12.7 Å². The molecule has 0 aromatic heterocycles. The first-order valence-electron chi connectivity index (χ1n) is 7.38. The summed E-state index contributed by atoms with van der Waals surface area (Å²) in [5, 5.41) is 0. The summed E-state index contributed by atoms with van der Waals surface area (Å²) in [6.45, 7) is 14.0. The molecular formula is C16H27NO3. The molecule has 0 N–H and O–H groups in total. The molecule has 1 aliphatic heterocycles. The van der Waals surface area contributed by atoms with Crippen molar-refractivity contribution in [2.75, 3.05) is 6.61 Å². The van der Waals surface area contributed by atoms with Gasteiger partial charge in [0.15, 0.2) is 0 Å². The summed E-state index contributed by atoms with van der Waals surface area (Å²) in [6, 6.07) is 0.0698. The Hall–Kier alpha value is -1.03. The van der Waals surface area contributed by atoms with Crippen molar-refractivity contribution >= 4 is 6.09 Å². The number of allylic oxidation sites excluding steroid dienone is 1. The molecule has 4 nitrogen and oxygen atoms in total. The SMILES string of the molecule is C=CC1(C[C@H]2COC(C)(C)N2C(=O)OC(C)(C)C)CC1. The van der Waals surface area contributed by atoms with Gasteiger partial charge < -0.3 is 9.47 Å². The third-order valence-corrected chi connectivity index (χ3v) is 4.13. The molecule has 0 aromatic rings. The number of carbonyl (C=O) groups excluding carboxylic acids is 1. The van der Waals surface area contributed by atoms with Crippen molar-refractivity contribution in [1.82, 2.24) is 4.90 Å². The minimum atomic E-state index is -0.607. The monoisotopic (exact) mass is 281 g/mol. The van der Waals surface area contributed by atoms with E-state index >= 15 is 0 Å². The van der Waals surface area contributed by atoms with E-state index in [1.165, 1.54) is 0 Å². The number of rotatable bonds is 3. The molecule has 1 saturated heterocycles. The first-order chi connectivity index (χ1) is 9.09. The molecule has 2 fully saturated rings. The fourth-order valence-electron chi connectivity index (χ4n) is 2.84. The molecule has 2 aliphatic rings. The van der Waals surface area contributed by atoms with Gasteiger partial charge in [0.2, 0.25) is 0 Å². The molecule has 20 heavy (non-hydrogen) atoms. The maximum absolute atomic E-state index is 12.5. The highest BCUT2D eigenvalue weighted by molar-refractivity contribution is 5.69. The van der Waals surface area contributed by atoms with E-state index in [4.69, 9.17) is 9.47 Å². The van der Waals surface area contributed by atoms with Gasteiger partial charge in [-0.3, -0.25) is 4.90 Å². The largest absolute Gasteiger partial charge is 0.444 e. The second-order valence-electron chi connectivity index (χ2n) is 7.53. The highest BCUT2D eigenvalue weighted by Gasteiger charge is 2.50. The summed E-state index contributed by atoms with van der Waals surface area (Å²) in [4.78, 5) is 14.2. The van der Waals surface area contributed by atoms with Gasteiger partial charge in [-0.2, -0.15) is 0 Å². The zero-order valence-electron chi connectivity index (χ0n) is 13.4. The van der Waals surface area contributed by atoms with Crippen molar-refractivity contribution in [3.63, 3.8) is 0 Å². The van der Waals surface area contributed by atoms with Crippen molar-refractivity contribution in [2.24, 2.45) is 5.41 Å². The fraction of sp³-hybridized carbons (Fsp3) is 0.812. The van der Waals surface area contributed by atoms with Gasteiger partial charge in [0.25, 0.3) is 0 Å². The van der Waals surface area contributed by atoms with E-state index in [2.05, 4.69) is 6.58 Å². The lowest BCUT2D eigenvalue weighted by atomic mass is 9.96. The summed E-state index contributed by atoms with van der Waals surface area (Å²) < 4.78 is 11.3. The van der Waals surface area contributed by atoms with Crippen molar-refractivity contribution < 1.29 is 14.3 Å². The van der Waals surface area contributed by atoms with Gasteiger partial charge in [-0.25, -0.2) is 4.79 Å². The van der Waals surface area contributed by atoms with Crippen LogP contribution >= 0.6 is 0 Å². The Balaban J connectivity index is 2.12. The van der Waals surface area contributed by atoms with Crippen molar-refractivity contribution in [3.8, 4) is 0 Å². The van der Waals surface area contributed by atoms with Gasteiger partial charge in [0, 0.05) is 0 Å². The number of nitrogens with zero attached hydrogens (tertiary/aromatic N) is 1. The van der Waals surface area contributed by atoms with Crippen LogP contribution in [0.15, 0.2) is 12.7 Å². The van der Waals surface area contributed by atoms with Crippen LogP contribution in [-0.2, 0) is 9.47 Å². The third-order valence-electron chi connectivity index (χ3n) is 4.13.